The van der Waals surface area contributed by atoms with E-state index >= 15 is 0 Å². The second-order valence-corrected chi connectivity index (χ2v) is 6.69. The first kappa shape index (κ1) is 14.6. The van der Waals surface area contributed by atoms with Crippen molar-refractivity contribution >= 4 is 10.9 Å². The van der Waals surface area contributed by atoms with E-state index in [-0.39, 0.29) is 0 Å². The molecule has 1 aliphatic rings. The number of hydrogen-bond acceptors (Lipinski definition) is 2. The second kappa shape index (κ2) is 6.61. The quantitative estimate of drug-likeness (QED) is 0.845. The third kappa shape index (κ3) is 3.46. The lowest BCUT2D eigenvalue weighted by atomic mass is 9.81. The van der Waals surface area contributed by atoms with Gasteiger partial charge in [-0.1, -0.05) is 44.4 Å². The zero-order valence-corrected chi connectivity index (χ0v) is 13.3. The molecule has 114 valence electrons. The predicted molar refractivity (Wildman–Crippen MR) is 88.2 cm³/mol. The first-order valence-electron chi connectivity index (χ1n) is 8.35. The van der Waals surface area contributed by atoms with Gasteiger partial charge in [0.15, 0.2) is 0 Å². The van der Waals surface area contributed by atoms with Gasteiger partial charge in [0.2, 0.25) is 0 Å². The van der Waals surface area contributed by atoms with E-state index in [1.165, 1.54) is 48.7 Å². The Bertz CT molecular complexity index is 587. The highest BCUT2D eigenvalue weighted by molar-refractivity contribution is 5.81. The molecule has 0 radical (unpaired) electrons. The first-order valence-corrected chi connectivity index (χ1v) is 8.35. The maximum absolute atomic E-state index is 4.64. The number of fused-ring (bicyclic) bond motifs is 1. The number of rotatable bonds is 5. The number of para-hydroxylation sites is 1. The number of hydrogen-bond donors (Lipinski definition) is 1. The van der Waals surface area contributed by atoms with E-state index in [2.05, 4.69) is 41.6 Å². The van der Waals surface area contributed by atoms with Crippen LogP contribution >= 0.6 is 0 Å². The Balaban J connectivity index is 1.50. The second-order valence-electron chi connectivity index (χ2n) is 6.69. The summed E-state index contributed by atoms with van der Waals surface area (Å²) < 4.78 is 1.98. The van der Waals surface area contributed by atoms with Gasteiger partial charge >= 0.3 is 0 Å². The Labute approximate surface area is 127 Å². The van der Waals surface area contributed by atoms with Gasteiger partial charge < -0.3 is 5.32 Å². The van der Waals surface area contributed by atoms with Crippen molar-refractivity contribution < 1.29 is 0 Å². The standard InChI is InChI=1S/C18H27N3/c1-14-6-5-7-15(12-14)10-11-19-13-17-16-8-3-4-9-18(16)21(2)20-17/h3-4,8-9,14-15,19H,5-7,10-13H2,1-2H3. The molecule has 3 heteroatoms. The highest BCUT2D eigenvalue weighted by Gasteiger charge is 2.18. The zero-order chi connectivity index (χ0) is 14.7. The third-order valence-electron chi connectivity index (χ3n) is 4.90. The van der Waals surface area contributed by atoms with Crippen molar-refractivity contribution in [3.8, 4) is 0 Å². The van der Waals surface area contributed by atoms with Crippen molar-refractivity contribution in [2.24, 2.45) is 18.9 Å². The van der Waals surface area contributed by atoms with Crippen LogP contribution in [-0.4, -0.2) is 16.3 Å². The topological polar surface area (TPSA) is 29.9 Å². The lowest BCUT2D eigenvalue weighted by Gasteiger charge is -2.26. The summed E-state index contributed by atoms with van der Waals surface area (Å²) in [5, 5.41) is 9.51. The molecule has 2 atom stereocenters. The number of benzene rings is 1. The molecule has 1 aromatic carbocycles. The van der Waals surface area contributed by atoms with Crippen LogP contribution in [0.25, 0.3) is 10.9 Å². The summed E-state index contributed by atoms with van der Waals surface area (Å²) in [5.74, 6) is 1.87. The molecule has 1 saturated carbocycles. The molecule has 21 heavy (non-hydrogen) atoms. The van der Waals surface area contributed by atoms with Crippen molar-refractivity contribution in [2.45, 2.75) is 45.6 Å². The Morgan fingerprint density at radius 3 is 3.00 bits per heavy atom. The minimum absolute atomic E-state index is 0.879. The molecule has 3 nitrogen and oxygen atoms in total. The Hall–Kier alpha value is -1.35. The minimum atomic E-state index is 0.879. The maximum atomic E-state index is 4.64. The highest BCUT2D eigenvalue weighted by Crippen LogP contribution is 2.30. The molecule has 3 rings (SSSR count). The monoisotopic (exact) mass is 285 g/mol. The van der Waals surface area contributed by atoms with Crippen molar-refractivity contribution in [1.82, 2.24) is 15.1 Å². The predicted octanol–water partition coefficient (Wildman–Crippen LogP) is 3.88. The van der Waals surface area contributed by atoms with E-state index < -0.39 is 0 Å². The van der Waals surface area contributed by atoms with Crippen LogP contribution in [0.3, 0.4) is 0 Å². The van der Waals surface area contributed by atoms with Crippen molar-refractivity contribution in [3.05, 3.63) is 30.0 Å². The lowest BCUT2D eigenvalue weighted by molar-refractivity contribution is 0.267. The summed E-state index contributed by atoms with van der Waals surface area (Å²) in [4.78, 5) is 0. The lowest BCUT2D eigenvalue weighted by Crippen LogP contribution is -2.21. The number of aromatic nitrogens is 2. The van der Waals surface area contributed by atoms with Crippen LogP contribution in [0, 0.1) is 11.8 Å². The molecule has 1 aliphatic carbocycles. The van der Waals surface area contributed by atoms with E-state index in [0.717, 1.165) is 24.9 Å². The van der Waals surface area contributed by atoms with Crippen LogP contribution in [0.2, 0.25) is 0 Å². The van der Waals surface area contributed by atoms with Crippen LogP contribution in [-0.2, 0) is 13.6 Å². The summed E-state index contributed by atoms with van der Waals surface area (Å²) in [6.45, 7) is 4.39. The van der Waals surface area contributed by atoms with Gasteiger partial charge in [-0.15, -0.1) is 0 Å². The molecular formula is C18H27N3. The Morgan fingerprint density at radius 2 is 2.14 bits per heavy atom. The van der Waals surface area contributed by atoms with Gasteiger partial charge in [0.1, 0.15) is 0 Å². The number of nitrogens with one attached hydrogen (secondary N) is 1. The molecule has 0 spiro atoms. The van der Waals surface area contributed by atoms with Gasteiger partial charge in [-0.25, -0.2) is 0 Å². The summed E-state index contributed by atoms with van der Waals surface area (Å²) in [6.07, 6.45) is 7.03. The fraction of sp³-hybridized carbons (Fsp3) is 0.611. The molecular weight excluding hydrogens is 258 g/mol. The first-order chi connectivity index (χ1) is 10.2. The molecule has 2 unspecified atom stereocenters. The van der Waals surface area contributed by atoms with Gasteiger partial charge in [-0.05, 0) is 37.3 Å². The van der Waals surface area contributed by atoms with Crippen LogP contribution < -0.4 is 5.32 Å². The van der Waals surface area contributed by atoms with Crippen molar-refractivity contribution in [1.29, 1.82) is 0 Å². The van der Waals surface area contributed by atoms with Gasteiger partial charge in [-0.3, -0.25) is 4.68 Å². The number of nitrogens with zero attached hydrogens (tertiary/aromatic N) is 2. The summed E-state index contributed by atoms with van der Waals surface area (Å²) in [6, 6.07) is 8.47. The summed E-state index contributed by atoms with van der Waals surface area (Å²) >= 11 is 0. The average Bonchev–Trinajstić information content (AvgIpc) is 2.81. The molecule has 0 aliphatic heterocycles. The fourth-order valence-corrected chi connectivity index (χ4v) is 3.75. The van der Waals surface area contributed by atoms with Crippen LogP contribution in [0.1, 0.15) is 44.7 Å². The van der Waals surface area contributed by atoms with Gasteiger partial charge in [0.05, 0.1) is 11.2 Å². The maximum Gasteiger partial charge on any atom is 0.0841 e. The largest absolute Gasteiger partial charge is 0.311 e. The van der Waals surface area contributed by atoms with Crippen molar-refractivity contribution in [3.63, 3.8) is 0 Å². The molecule has 1 N–H and O–H groups in total. The smallest absolute Gasteiger partial charge is 0.0841 e. The third-order valence-corrected chi connectivity index (χ3v) is 4.90. The minimum Gasteiger partial charge on any atom is -0.311 e. The summed E-state index contributed by atoms with van der Waals surface area (Å²) in [5.41, 5.74) is 2.39. The van der Waals surface area contributed by atoms with Crippen molar-refractivity contribution in [2.75, 3.05) is 6.54 Å². The Morgan fingerprint density at radius 1 is 1.29 bits per heavy atom. The normalized spacial score (nSPS) is 22.8. The van der Waals surface area contributed by atoms with E-state index in [4.69, 9.17) is 0 Å². The zero-order valence-electron chi connectivity index (χ0n) is 13.3. The van der Waals surface area contributed by atoms with Crippen LogP contribution in [0.4, 0.5) is 0 Å². The molecule has 1 aromatic heterocycles. The summed E-state index contributed by atoms with van der Waals surface area (Å²) in [7, 11) is 2.02. The highest BCUT2D eigenvalue weighted by atomic mass is 15.3. The fourth-order valence-electron chi connectivity index (χ4n) is 3.75. The van der Waals surface area contributed by atoms with Crippen LogP contribution in [0.15, 0.2) is 24.3 Å². The van der Waals surface area contributed by atoms with E-state index in [9.17, 15) is 0 Å². The molecule has 1 heterocycles. The molecule has 1 fully saturated rings. The van der Waals surface area contributed by atoms with Gasteiger partial charge in [0.25, 0.3) is 0 Å². The molecule has 2 aromatic rings. The molecule has 0 saturated heterocycles. The van der Waals surface area contributed by atoms with E-state index in [1.807, 2.05) is 11.7 Å². The van der Waals surface area contributed by atoms with Gasteiger partial charge in [0, 0.05) is 19.0 Å². The number of aryl methyl sites for hydroxylation is 1. The van der Waals surface area contributed by atoms with Crippen LogP contribution in [0.5, 0.6) is 0 Å². The SMILES string of the molecule is CC1CCCC(CCNCc2nn(C)c3ccccc23)C1. The Kier molecular flexibility index (Phi) is 4.59. The molecule has 0 bridgehead atoms. The molecule has 0 amide bonds. The van der Waals surface area contributed by atoms with E-state index in [1.54, 1.807) is 0 Å². The van der Waals surface area contributed by atoms with E-state index in [0.29, 0.717) is 0 Å². The van der Waals surface area contributed by atoms with Gasteiger partial charge in [-0.2, -0.15) is 5.10 Å². The average molecular weight is 285 g/mol.